The van der Waals surface area contributed by atoms with Gasteiger partial charge in [-0.3, -0.25) is 9.36 Å². The highest BCUT2D eigenvalue weighted by Crippen LogP contribution is 2.65. The molecule has 1 aromatic heterocycles. The molecule has 2 aliphatic carbocycles. The maximum Gasteiger partial charge on any atom is 0.346 e. The number of fused-ring (bicyclic) bond motifs is 2. The molecule has 0 spiro atoms. The topological polar surface area (TPSA) is 68.9 Å². The van der Waals surface area contributed by atoms with Gasteiger partial charge in [0.25, 0.3) is 5.56 Å². The Balaban J connectivity index is 1.87. The van der Waals surface area contributed by atoms with Crippen LogP contribution in [0.3, 0.4) is 0 Å². The SMILES string of the molecule is Cn1nc(NCC23CCC(CC2)C3(C)C)c(=O)n(C)c1=O. The Bertz CT molecular complexity index is 678. The quantitative estimate of drug-likeness (QED) is 0.906. The Kier molecular flexibility index (Phi) is 3.04. The number of hydrogen-bond donors (Lipinski definition) is 1. The zero-order valence-electron chi connectivity index (χ0n) is 13.3. The molecule has 2 saturated carbocycles. The molecule has 1 aromatic rings. The Morgan fingerprint density at radius 3 is 2.38 bits per heavy atom. The van der Waals surface area contributed by atoms with E-state index in [4.69, 9.17) is 0 Å². The van der Waals surface area contributed by atoms with Crippen LogP contribution in [0.2, 0.25) is 0 Å². The molecule has 0 aliphatic heterocycles. The molecule has 6 heteroatoms. The summed E-state index contributed by atoms with van der Waals surface area (Å²) < 4.78 is 2.31. The second kappa shape index (κ2) is 4.45. The first-order valence-corrected chi connectivity index (χ1v) is 7.67. The number of hydrogen-bond acceptors (Lipinski definition) is 4. The van der Waals surface area contributed by atoms with E-state index in [-0.39, 0.29) is 16.8 Å². The molecule has 0 amide bonds. The maximum atomic E-state index is 12.1. The van der Waals surface area contributed by atoms with Gasteiger partial charge in [-0.1, -0.05) is 13.8 Å². The molecule has 0 unspecified atom stereocenters. The first kappa shape index (κ1) is 14.4. The zero-order valence-corrected chi connectivity index (χ0v) is 13.3. The van der Waals surface area contributed by atoms with Crippen LogP contribution in [0.1, 0.15) is 39.5 Å². The Morgan fingerprint density at radius 2 is 1.86 bits per heavy atom. The summed E-state index contributed by atoms with van der Waals surface area (Å²) in [4.78, 5) is 23.8. The number of rotatable bonds is 3. The molecule has 6 nitrogen and oxygen atoms in total. The van der Waals surface area contributed by atoms with Gasteiger partial charge in [0.05, 0.1) is 0 Å². The summed E-state index contributed by atoms with van der Waals surface area (Å²) in [6.45, 7) is 5.47. The number of nitrogens with zero attached hydrogens (tertiary/aromatic N) is 3. The summed E-state index contributed by atoms with van der Waals surface area (Å²) in [7, 11) is 3.05. The second-order valence-electron chi connectivity index (χ2n) is 7.25. The first-order chi connectivity index (χ1) is 9.78. The fourth-order valence-electron chi connectivity index (χ4n) is 4.44. The van der Waals surface area contributed by atoms with Crippen LogP contribution in [-0.2, 0) is 14.1 Å². The second-order valence-corrected chi connectivity index (χ2v) is 7.25. The van der Waals surface area contributed by atoms with Gasteiger partial charge in [0, 0.05) is 20.6 Å². The van der Waals surface area contributed by atoms with Gasteiger partial charge in [-0.05, 0) is 42.4 Å². The van der Waals surface area contributed by atoms with Crippen molar-refractivity contribution in [2.75, 3.05) is 11.9 Å². The number of anilines is 1. The van der Waals surface area contributed by atoms with E-state index in [1.165, 1.54) is 37.4 Å². The smallest absolute Gasteiger partial charge is 0.346 e. The van der Waals surface area contributed by atoms with Crippen LogP contribution in [0, 0.1) is 16.7 Å². The minimum Gasteiger partial charge on any atom is -0.363 e. The monoisotopic (exact) mass is 292 g/mol. The predicted octanol–water partition coefficient (Wildman–Crippen LogP) is 1.11. The fraction of sp³-hybridized carbons (Fsp3) is 0.800. The standard InChI is InChI=1S/C15H24N4O2/c1-14(2)10-5-7-15(14,8-6-10)9-16-11-12(20)18(3)13(21)19(4)17-11/h10H,5-9H2,1-4H3,(H,16,17). The molecule has 3 rings (SSSR count). The molecule has 2 bridgehead atoms. The molecular formula is C15H24N4O2. The van der Waals surface area contributed by atoms with E-state index in [9.17, 15) is 9.59 Å². The van der Waals surface area contributed by atoms with Crippen molar-refractivity contribution in [2.24, 2.45) is 30.8 Å². The van der Waals surface area contributed by atoms with E-state index in [0.29, 0.717) is 5.41 Å². The number of aromatic nitrogens is 3. The molecule has 1 heterocycles. The van der Waals surface area contributed by atoms with Gasteiger partial charge >= 0.3 is 5.69 Å². The molecule has 116 valence electrons. The van der Waals surface area contributed by atoms with Crippen LogP contribution in [0.4, 0.5) is 5.82 Å². The van der Waals surface area contributed by atoms with Gasteiger partial charge in [0.2, 0.25) is 5.82 Å². The van der Waals surface area contributed by atoms with E-state index >= 15 is 0 Å². The minimum atomic E-state index is -0.397. The fourth-order valence-corrected chi connectivity index (χ4v) is 4.44. The summed E-state index contributed by atoms with van der Waals surface area (Å²) in [5.41, 5.74) is -0.184. The largest absolute Gasteiger partial charge is 0.363 e. The van der Waals surface area contributed by atoms with Crippen molar-refractivity contribution < 1.29 is 0 Å². The lowest BCUT2D eigenvalue weighted by atomic mass is 9.69. The third-order valence-corrected chi connectivity index (χ3v) is 6.25. The van der Waals surface area contributed by atoms with Crippen molar-refractivity contribution in [1.29, 1.82) is 0 Å². The lowest BCUT2D eigenvalue weighted by Gasteiger charge is -2.38. The van der Waals surface area contributed by atoms with Crippen molar-refractivity contribution in [3.8, 4) is 0 Å². The van der Waals surface area contributed by atoms with Crippen LogP contribution >= 0.6 is 0 Å². The predicted molar refractivity (Wildman–Crippen MR) is 81.4 cm³/mol. The number of nitrogens with one attached hydrogen (secondary N) is 1. The van der Waals surface area contributed by atoms with Gasteiger partial charge in [-0.2, -0.15) is 0 Å². The molecule has 0 aromatic carbocycles. The Hall–Kier alpha value is -1.59. The molecule has 2 fully saturated rings. The van der Waals surface area contributed by atoms with E-state index < -0.39 is 5.69 Å². The molecule has 21 heavy (non-hydrogen) atoms. The number of aryl methyl sites for hydroxylation is 1. The van der Waals surface area contributed by atoms with Crippen molar-refractivity contribution in [1.82, 2.24) is 14.3 Å². The van der Waals surface area contributed by atoms with E-state index in [1.807, 2.05) is 0 Å². The summed E-state index contributed by atoms with van der Waals surface area (Å²) in [5.74, 6) is 1.08. The van der Waals surface area contributed by atoms with Gasteiger partial charge in [0.15, 0.2) is 0 Å². The summed E-state index contributed by atoms with van der Waals surface area (Å²) in [6, 6.07) is 0. The highest BCUT2D eigenvalue weighted by molar-refractivity contribution is 5.31. The van der Waals surface area contributed by atoms with E-state index in [0.717, 1.165) is 17.0 Å². The third kappa shape index (κ3) is 1.88. The maximum absolute atomic E-state index is 12.1. The van der Waals surface area contributed by atoms with Crippen LogP contribution in [0.15, 0.2) is 9.59 Å². The molecule has 2 aliphatic rings. The van der Waals surface area contributed by atoms with Gasteiger partial charge in [-0.25, -0.2) is 9.48 Å². The van der Waals surface area contributed by atoms with Crippen LogP contribution < -0.4 is 16.6 Å². The molecule has 0 saturated heterocycles. The van der Waals surface area contributed by atoms with Gasteiger partial charge in [-0.15, -0.1) is 5.10 Å². The molecule has 0 atom stereocenters. The van der Waals surface area contributed by atoms with Crippen molar-refractivity contribution in [3.05, 3.63) is 20.8 Å². The van der Waals surface area contributed by atoms with Crippen LogP contribution in [0.5, 0.6) is 0 Å². The summed E-state index contributed by atoms with van der Waals surface area (Å²) >= 11 is 0. The van der Waals surface area contributed by atoms with Crippen molar-refractivity contribution in [3.63, 3.8) is 0 Å². The van der Waals surface area contributed by atoms with Gasteiger partial charge in [0.1, 0.15) is 0 Å². The van der Waals surface area contributed by atoms with Crippen molar-refractivity contribution >= 4 is 5.82 Å². The zero-order chi connectivity index (χ0) is 15.4. The highest BCUT2D eigenvalue weighted by atomic mass is 16.2. The molecule has 1 N–H and O–H groups in total. The lowest BCUT2D eigenvalue weighted by Crippen LogP contribution is -2.42. The summed E-state index contributed by atoms with van der Waals surface area (Å²) in [5, 5.41) is 7.31. The van der Waals surface area contributed by atoms with Crippen LogP contribution in [0.25, 0.3) is 0 Å². The lowest BCUT2D eigenvalue weighted by molar-refractivity contribution is 0.143. The van der Waals surface area contributed by atoms with Crippen LogP contribution in [-0.4, -0.2) is 20.9 Å². The molecule has 0 radical (unpaired) electrons. The normalized spacial score (nSPS) is 29.8. The average molecular weight is 292 g/mol. The Morgan fingerprint density at radius 1 is 1.24 bits per heavy atom. The summed E-state index contributed by atoms with van der Waals surface area (Å²) in [6.07, 6.45) is 4.99. The third-order valence-electron chi connectivity index (χ3n) is 6.25. The Labute approximate surface area is 124 Å². The first-order valence-electron chi connectivity index (χ1n) is 7.67. The van der Waals surface area contributed by atoms with E-state index in [2.05, 4.69) is 24.3 Å². The highest BCUT2D eigenvalue weighted by Gasteiger charge is 2.58. The van der Waals surface area contributed by atoms with Gasteiger partial charge < -0.3 is 5.32 Å². The van der Waals surface area contributed by atoms with E-state index in [1.54, 1.807) is 7.05 Å². The molecular weight excluding hydrogens is 268 g/mol. The van der Waals surface area contributed by atoms with Crippen molar-refractivity contribution in [2.45, 2.75) is 39.5 Å². The average Bonchev–Trinajstić information content (AvgIpc) is 2.85. The minimum absolute atomic E-state index is 0.249.